The first-order valence-electron chi connectivity index (χ1n) is 11.8. The monoisotopic (exact) mass is 527 g/mol. The third kappa shape index (κ3) is 4.90. The van der Waals surface area contributed by atoms with E-state index in [4.69, 9.17) is 9.73 Å². The molecule has 37 heavy (non-hydrogen) atoms. The highest BCUT2D eigenvalue weighted by Crippen LogP contribution is 2.50. The molecule has 3 aromatic carbocycles. The van der Waals surface area contributed by atoms with Crippen LogP contribution >= 0.6 is 23.5 Å². The van der Waals surface area contributed by atoms with Crippen molar-refractivity contribution in [2.75, 3.05) is 30.9 Å². The van der Waals surface area contributed by atoms with E-state index in [0.29, 0.717) is 34.4 Å². The molecule has 9 heteroatoms. The molecule has 186 valence electrons. The van der Waals surface area contributed by atoms with Gasteiger partial charge < -0.3 is 15.0 Å². The maximum Gasteiger partial charge on any atom is 0.269 e. The second-order valence-corrected chi connectivity index (χ2v) is 10.4. The van der Waals surface area contributed by atoms with E-state index >= 15 is 0 Å². The van der Waals surface area contributed by atoms with Gasteiger partial charge in [0.15, 0.2) is 5.17 Å². The fourth-order valence-electron chi connectivity index (χ4n) is 4.15. The summed E-state index contributed by atoms with van der Waals surface area (Å²) >= 11 is 2.96. The Hall–Kier alpha value is -3.87. The first-order valence-corrected chi connectivity index (χ1v) is 13.4. The molecule has 7 nitrogen and oxygen atoms in total. The fourth-order valence-corrected chi connectivity index (χ4v) is 6.48. The van der Waals surface area contributed by atoms with Gasteiger partial charge in [0.05, 0.1) is 47.4 Å². The molecule has 0 unspecified atom stereocenters. The molecule has 3 aromatic rings. The summed E-state index contributed by atoms with van der Waals surface area (Å²) in [7, 11) is 3.61. The lowest BCUT2D eigenvalue weighted by molar-refractivity contribution is -0.122. The Kier molecular flexibility index (Phi) is 7.12. The zero-order valence-electron chi connectivity index (χ0n) is 20.7. The number of para-hydroxylation sites is 1. The Labute approximate surface area is 224 Å². The average molecular weight is 528 g/mol. The smallest absolute Gasteiger partial charge is 0.269 e. The molecule has 2 aliphatic rings. The van der Waals surface area contributed by atoms with Crippen LogP contribution in [0.1, 0.15) is 18.1 Å². The predicted molar refractivity (Wildman–Crippen MR) is 151 cm³/mol. The number of fused-ring (bicyclic) bond motifs is 1. The van der Waals surface area contributed by atoms with E-state index in [2.05, 4.69) is 28.4 Å². The van der Waals surface area contributed by atoms with Gasteiger partial charge >= 0.3 is 0 Å². The first-order chi connectivity index (χ1) is 18.0. The minimum Gasteiger partial charge on any atom is -0.497 e. The molecule has 1 fully saturated rings. The summed E-state index contributed by atoms with van der Waals surface area (Å²) in [5.41, 5.74) is 3.94. The summed E-state index contributed by atoms with van der Waals surface area (Å²) in [6.45, 7) is 3.05. The first kappa shape index (κ1) is 24.8. The highest BCUT2D eigenvalue weighted by atomic mass is 32.2. The van der Waals surface area contributed by atoms with Crippen LogP contribution in [0.2, 0.25) is 0 Å². The van der Waals surface area contributed by atoms with Crippen molar-refractivity contribution in [2.24, 2.45) is 4.99 Å². The second kappa shape index (κ2) is 10.6. The van der Waals surface area contributed by atoms with Gasteiger partial charge in [0.25, 0.3) is 5.91 Å². The Morgan fingerprint density at radius 1 is 1.08 bits per heavy atom. The number of rotatable bonds is 6. The van der Waals surface area contributed by atoms with Crippen LogP contribution in [0.5, 0.6) is 5.75 Å². The van der Waals surface area contributed by atoms with Gasteiger partial charge in [0.2, 0.25) is 0 Å². The molecule has 0 atom stereocenters. The molecule has 1 saturated heterocycles. The van der Waals surface area contributed by atoms with Crippen LogP contribution < -0.4 is 15.0 Å². The molecule has 2 aliphatic heterocycles. The maximum atomic E-state index is 13.9. The summed E-state index contributed by atoms with van der Waals surface area (Å²) in [5, 5.41) is 14.2. The van der Waals surface area contributed by atoms with Crippen molar-refractivity contribution in [3.8, 4) is 11.8 Å². The van der Waals surface area contributed by atoms with Crippen molar-refractivity contribution >= 4 is 51.7 Å². The van der Waals surface area contributed by atoms with Crippen molar-refractivity contribution in [2.45, 2.75) is 18.4 Å². The molecular weight excluding hydrogens is 502 g/mol. The number of amidine groups is 1. The summed E-state index contributed by atoms with van der Waals surface area (Å²) < 4.78 is 5.39. The zero-order chi connectivity index (χ0) is 25.9. The molecule has 0 saturated carbocycles. The standard InChI is InChI=1S/C28H25N5O2S2/c1-4-30-21-13-12-18(16-29)15-22(21)31-28-33(17-19-8-7-9-20(14-19)35-3)26(34)25(37-28)27-32(2)23-10-5-6-11-24(23)36-27/h5-15,30H,4,17H2,1-3H3. The number of hydrogen-bond acceptors (Lipinski definition) is 8. The Bertz CT molecular complexity index is 1480. The highest BCUT2D eigenvalue weighted by molar-refractivity contribution is 8.19. The van der Waals surface area contributed by atoms with Crippen LogP contribution in [-0.2, 0) is 11.3 Å². The number of hydrogen-bond donors (Lipinski definition) is 1. The number of nitrogens with zero attached hydrogens (tertiary/aromatic N) is 4. The van der Waals surface area contributed by atoms with E-state index in [1.165, 1.54) is 11.8 Å². The summed E-state index contributed by atoms with van der Waals surface area (Å²) in [6.07, 6.45) is 0. The molecule has 1 N–H and O–H groups in total. The summed E-state index contributed by atoms with van der Waals surface area (Å²) in [6, 6.07) is 23.4. The number of anilines is 2. The number of benzene rings is 3. The van der Waals surface area contributed by atoms with E-state index < -0.39 is 0 Å². The van der Waals surface area contributed by atoms with E-state index in [-0.39, 0.29) is 5.91 Å². The SMILES string of the molecule is CCNc1ccc(C#N)cc1N=C1SC(=C2Sc3ccccc3N2C)C(=O)N1Cc1cccc(OC)c1. The van der Waals surface area contributed by atoms with Gasteiger partial charge in [-0.25, -0.2) is 4.99 Å². The van der Waals surface area contributed by atoms with Crippen LogP contribution in [0.25, 0.3) is 0 Å². The third-order valence-electron chi connectivity index (χ3n) is 5.98. The molecule has 0 spiro atoms. The average Bonchev–Trinajstić information content (AvgIpc) is 3.41. The van der Waals surface area contributed by atoms with E-state index in [1.807, 2.05) is 56.4 Å². The van der Waals surface area contributed by atoms with Crippen molar-refractivity contribution in [3.63, 3.8) is 0 Å². The largest absolute Gasteiger partial charge is 0.497 e. The van der Waals surface area contributed by atoms with Gasteiger partial charge in [-0.3, -0.25) is 9.69 Å². The topological polar surface area (TPSA) is 81.0 Å². The fraction of sp³-hybridized carbons (Fsp3) is 0.179. The number of carbonyl (C=O) groups is 1. The van der Waals surface area contributed by atoms with Crippen molar-refractivity contribution < 1.29 is 9.53 Å². The number of aliphatic imine (C=N–C) groups is 1. The Morgan fingerprint density at radius 3 is 2.68 bits per heavy atom. The van der Waals surface area contributed by atoms with Crippen LogP contribution in [0.15, 0.2) is 86.6 Å². The van der Waals surface area contributed by atoms with Gasteiger partial charge in [0.1, 0.15) is 10.7 Å². The van der Waals surface area contributed by atoms with Crippen LogP contribution in [-0.4, -0.2) is 36.7 Å². The van der Waals surface area contributed by atoms with Crippen LogP contribution in [0.4, 0.5) is 17.1 Å². The lowest BCUT2D eigenvalue weighted by atomic mass is 10.2. The maximum absolute atomic E-state index is 13.9. The lowest BCUT2D eigenvalue weighted by Crippen LogP contribution is -2.29. The van der Waals surface area contributed by atoms with Crippen molar-refractivity contribution in [1.29, 1.82) is 5.26 Å². The minimum absolute atomic E-state index is 0.102. The molecule has 0 aromatic heterocycles. The Morgan fingerprint density at radius 2 is 1.92 bits per heavy atom. The molecule has 0 bridgehead atoms. The van der Waals surface area contributed by atoms with E-state index in [0.717, 1.165) is 32.6 Å². The number of carbonyl (C=O) groups excluding carboxylic acids is 1. The number of nitrogens with one attached hydrogen (secondary N) is 1. The highest BCUT2D eigenvalue weighted by Gasteiger charge is 2.39. The number of amides is 1. The quantitative estimate of drug-likeness (QED) is 0.384. The normalized spacial score (nSPS) is 17.8. The minimum atomic E-state index is -0.102. The number of thioether (sulfide) groups is 2. The van der Waals surface area contributed by atoms with Crippen molar-refractivity contribution in [3.05, 3.63) is 87.8 Å². The molecule has 0 radical (unpaired) electrons. The van der Waals surface area contributed by atoms with Gasteiger partial charge in [0, 0.05) is 18.5 Å². The lowest BCUT2D eigenvalue weighted by Gasteiger charge is -2.17. The molecule has 2 heterocycles. The second-order valence-electron chi connectivity index (χ2n) is 8.38. The van der Waals surface area contributed by atoms with E-state index in [9.17, 15) is 10.1 Å². The van der Waals surface area contributed by atoms with Crippen molar-refractivity contribution in [1.82, 2.24) is 4.90 Å². The Balaban J connectivity index is 1.60. The van der Waals surface area contributed by atoms with Gasteiger partial charge in [-0.05, 0) is 66.7 Å². The van der Waals surface area contributed by atoms with Crippen LogP contribution in [0, 0.1) is 11.3 Å². The summed E-state index contributed by atoms with van der Waals surface area (Å²) in [5.74, 6) is 0.627. The van der Waals surface area contributed by atoms with Gasteiger partial charge in [-0.2, -0.15) is 5.26 Å². The summed E-state index contributed by atoms with van der Waals surface area (Å²) in [4.78, 5) is 24.3. The third-order valence-corrected chi connectivity index (χ3v) is 8.41. The molecule has 1 amide bonds. The molecular formula is C28H25N5O2S2. The number of ether oxygens (including phenoxy) is 1. The van der Waals surface area contributed by atoms with Gasteiger partial charge in [-0.15, -0.1) is 0 Å². The molecule has 0 aliphatic carbocycles. The zero-order valence-corrected chi connectivity index (χ0v) is 22.3. The molecule has 5 rings (SSSR count). The number of nitriles is 1. The van der Waals surface area contributed by atoms with E-state index in [1.54, 1.807) is 35.9 Å². The van der Waals surface area contributed by atoms with Gasteiger partial charge in [-0.1, -0.05) is 36.0 Å². The predicted octanol–water partition coefficient (Wildman–Crippen LogP) is 6.17. The van der Waals surface area contributed by atoms with Crippen LogP contribution in [0.3, 0.4) is 0 Å². The number of methoxy groups -OCH3 is 1.